The topological polar surface area (TPSA) is 26.7 Å². The average molecular weight is 226 g/mol. The van der Waals surface area contributed by atoms with Crippen molar-refractivity contribution in [2.24, 2.45) is 0 Å². The lowest BCUT2D eigenvalue weighted by Crippen LogP contribution is -2.51. The van der Waals surface area contributed by atoms with Crippen molar-refractivity contribution in [3.05, 3.63) is 0 Å². The lowest BCUT2D eigenvalue weighted by atomic mass is 9.90. The van der Waals surface area contributed by atoms with E-state index in [1.807, 2.05) is 0 Å². The number of aliphatic hydroxyl groups is 1. The first-order chi connectivity index (χ1) is 7.68. The van der Waals surface area contributed by atoms with Crippen LogP contribution >= 0.6 is 0 Å². The molecule has 1 aliphatic heterocycles. The van der Waals surface area contributed by atoms with Crippen LogP contribution in [-0.4, -0.2) is 59.8 Å². The first kappa shape index (κ1) is 12.3. The molecule has 1 saturated heterocycles. The maximum atomic E-state index is 10.1. The van der Waals surface area contributed by atoms with E-state index >= 15 is 0 Å². The first-order valence-corrected chi connectivity index (χ1v) is 6.81. The van der Waals surface area contributed by atoms with Gasteiger partial charge in [0.1, 0.15) is 0 Å². The van der Waals surface area contributed by atoms with E-state index in [0.29, 0.717) is 12.1 Å². The largest absolute Gasteiger partial charge is 0.391 e. The average Bonchev–Trinajstić information content (AvgIpc) is 2.40. The SMILES string of the molecule is CC1CN(C)CCCN1C1CCCCC1O. The molecule has 0 bridgehead atoms. The number of nitrogens with zero attached hydrogens (tertiary/aromatic N) is 2. The maximum Gasteiger partial charge on any atom is 0.0695 e. The van der Waals surface area contributed by atoms with Crippen LogP contribution in [0.3, 0.4) is 0 Å². The van der Waals surface area contributed by atoms with Gasteiger partial charge in [-0.2, -0.15) is 0 Å². The van der Waals surface area contributed by atoms with Crippen molar-refractivity contribution in [3.8, 4) is 0 Å². The molecule has 0 aromatic rings. The fourth-order valence-electron chi connectivity index (χ4n) is 3.36. The van der Waals surface area contributed by atoms with Gasteiger partial charge in [0.25, 0.3) is 0 Å². The highest BCUT2D eigenvalue weighted by molar-refractivity contribution is 4.88. The van der Waals surface area contributed by atoms with E-state index in [9.17, 15) is 5.11 Å². The van der Waals surface area contributed by atoms with Crippen molar-refractivity contribution >= 4 is 0 Å². The number of aliphatic hydroxyl groups excluding tert-OH is 1. The minimum Gasteiger partial charge on any atom is -0.391 e. The van der Waals surface area contributed by atoms with E-state index in [1.54, 1.807) is 0 Å². The second-order valence-electron chi connectivity index (χ2n) is 5.62. The van der Waals surface area contributed by atoms with Crippen LogP contribution in [0, 0.1) is 0 Å². The summed E-state index contributed by atoms with van der Waals surface area (Å²) in [5, 5.41) is 10.1. The monoisotopic (exact) mass is 226 g/mol. The molecule has 0 amide bonds. The molecule has 1 N–H and O–H groups in total. The zero-order chi connectivity index (χ0) is 11.5. The molecule has 3 nitrogen and oxygen atoms in total. The first-order valence-electron chi connectivity index (χ1n) is 6.81. The number of hydrogen-bond acceptors (Lipinski definition) is 3. The molecule has 1 aliphatic carbocycles. The van der Waals surface area contributed by atoms with Crippen LogP contribution in [0.2, 0.25) is 0 Å². The molecule has 1 heterocycles. The Morgan fingerprint density at radius 1 is 1.06 bits per heavy atom. The predicted octanol–water partition coefficient (Wildman–Crippen LogP) is 1.32. The molecule has 1 saturated carbocycles. The molecule has 3 atom stereocenters. The highest BCUT2D eigenvalue weighted by atomic mass is 16.3. The molecule has 0 spiro atoms. The summed E-state index contributed by atoms with van der Waals surface area (Å²) >= 11 is 0. The van der Waals surface area contributed by atoms with E-state index in [2.05, 4.69) is 23.8 Å². The second-order valence-corrected chi connectivity index (χ2v) is 5.62. The van der Waals surface area contributed by atoms with Crippen LogP contribution in [0.5, 0.6) is 0 Å². The second kappa shape index (κ2) is 5.48. The minimum absolute atomic E-state index is 0.0837. The summed E-state index contributed by atoms with van der Waals surface area (Å²) in [5.74, 6) is 0. The summed E-state index contributed by atoms with van der Waals surface area (Å²) in [6, 6.07) is 1.01. The molecular formula is C13H26N2O. The van der Waals surface area contributed by atoms with E-state index in [0.717, 1.165) is 19.5 Å². The Hall–Kier alpha value is -0.120. The fourth-order valence-corrected chi connectivity index (χ4v) is 3.36. The zero-order valence-corrected chi connectivity index (χ0v) is 10.7. The van der Waals surface area contributed by atoms with Crippen molar-refractivity contribution in [2.45, 2.75) is 57.2 Å². The van der Waals surface area contributed by atoms with E-state index in [1.165, 1.54) is 32.2 Å². The Balaban J connectivity index is 2.00. The Kier molecular flexibility index (Phi) is 4.22. The molecule has 3 unspecified atom stereocenters. The molecule has 2 aliphatic rings. The van der Waals surface area contributed by atoms with Crippen molar-refractivity contribution in [1.29, 1.82) is 0 Å². The molecule has 94 valence electrons. The van der Waals surface area contributed by atoms with Gasteiger partial charge < -0.3 is 10.0 Å². The number of hydrogen-bond donors (Lipinski definition) is 1. The third kappa shape index (κ3) is 2.76. The van der Waals surface area contributed by atoms with Gasteiger partial charge in [-0.1, -0.05) is 12.8 Å². The predicted molar refractivity (Wildman–Crippen MR) is 66.5 cm³/mol. The van der Waals surface area contributed by atoms with Crippen molar-refractivity contribution in [3.63, 3.8) is 0 Å². The molecule has 0 radical (unpaired) electrons. The molecule has 3 heteroatoms. The van der Waals surface area contributed by atoms with Gasteiger partial charge in [0, 0.05) is 25.2 Å². The third-order valence-electron chi connectivity index (χ3n) is 4.22. The summed E-state index contributed by atoms with van der Waals surface area (Å²) in [6.07, 6.45) is 5.85. The maximum absolute atomic E-state index is 10.1. The van der Waals surface area contributed by atoms with Gasteiger partial charge in [0.15, 0.2) is 0 Å². The van der Waals surface area contributed by atoms with Crippen LogP contribution in [0.1, 0.15) is 39.0 Å². The Bertz CT molecular complexity index is 222. The summed E-state index contributed by atoms with van der Waals surface area (Å²) in [7, 11) is 2.21. The Morgan fingerprint density at radius 2 is 1.81 bits per heavy atom. The minimum atomic E-state index is -0.0837. The quantitative estimate of drug-likeness (QED) is 0.730. The van der Waals surface area contributed by atoms with Crippen LogP contribution < -0.4 is 0 Å². The van der Waals surface area contributed by atoms with Crippen molar-refractivity contribution in [1.82, 2.24) is 9.80 Å². The lowest BCUT2D eigenvalue weighted by Gasteiger charge is -2.40. The van der Waals surface area contributed by atoms with Crippen LogP contribution in [-0.2, 0) is 0 Å². The Morgan fingerprint density at radius 3 is 2.56 bits per heavy atom. The van der Waals surface area contributed by atoms with Gasteiger partial charge in [-0.25, -0.2) is 0 Å². The van der Waals surface area contributed by atoms with Crippen LogP contribution in [0.25, 0.3) is 0 Å². The van der Waals surface area contributed by atoms with E-state index < -0.39 is 0 Å². The third-order valence-corrected chi connectivity index (χ3v) is 4.22. The standard InChI is InChI=1S/C13H26N2O/c1-11-10-14(2)8-5-9-15(11)12-6-3-4-7-13(12)16/h11-13,16H,3-10H2,1-2H3. The van der Waals surface area contributed by atoms with Gasteiger partial charge in [0.2, 0.25) is 0 Å². The fraction of sp³-hybridized carbons (Fsp3) is 1.00. The molecule has 2 fully saturated rings. The lowest BCUT2D eigenvalue weighted by molar-refractivity contribution is 0.00323. The van der Waals surface area contributed by atoms with Crippen LogP contribution in [0.15, 0.2) is 0 Å². The molecule has 0 aromatic carbocycles. The zero-order valence-electron chi connectivity index (χ0n) is 10.7. The van der Waals surface area contributed by atoms with Gasteiger partial charge >= 0.3 is 0 Å². The van der Waals surface area contributed by atoms with Gasteiger partial charge in [-0.05, 0) is 39.8 Å². The molecule has 0 aromatic heterocycles. The summed E-state index contributed by atoms with van der Waals surface area (Å²) in [6.45, 7) is 5.81. The van der Waals surface area contributed by atoms with E-state index in [4.69, 9.17) is 0 Å². The summed E-state index contributed by atoms with van der Waals surface area (Å²) in [4.78, 5) is 4.98. The molecular weight excluding hydrogens is 200 g/mol. The summed E-state index contributed by atoms with van der Waals surface area (Å²) < 4.78 is 0. The van der Waals surface area contributed by atoms with Gasteiger partial charge in [-0.15, -0.1) is 0 Å². The Labute approximate surface area is 99.4 Å². The normalized spacial score (nSPS) is 39.6. The van der Waals surface area contributed by atoms with Crippen molar-refractivity contribution in [2.75, 3.05) is 26.7 Å². The highest BCUT2D eigenvalue weighted by Gasteiger charge is 2.32. The molecule has 2 rings (SSSR count). The van der Waals surface area contributed by atoms with Gasteiger partial charge in [0.05, 0.1) is 6.10 Å². The van der Waals surface area contributed by atoms with E-state index in [-0.39, 0.29) is 6.10 Å². The number of likely N-dealkylation sites (N-methyl/N-ethyl adjacent to an activating group) is 1. The molecule has 16 heavy (non-hydrogen) atoms. The highest BCUT2D eigenvalue weighted by Crippen LogP contribution is 2.26. The van der Waals surface area contributed by atoms with Crippen molar-refractivity contribution < 1.29 is 5.11 Å². The number of rotatable bonds is 1. The van der Waals surface area contributed by atoms with Gasteiger partial charge in [-0.3, -0.25) is 4.90 Å². The van der Waals surface area contributed by atoms with Crippen LogP contribution in [0.4, 0.5) is 0 Å². The smallest absolute Gasteiger partial charge is 0.0695 e. The summed E-state index contributed by atoms with van der Waals surface area (Å²) in [5.41, 5.74) is 0.